The van der Waals surface area contributed by atoms with Crippen LogP contribution in [0.25, 0.3) is 0 Å². The predicted molar refractivity (Wildman–Crippen MR) is 38.2 cm³/mol. The van der Waals surface area contributed by atoms with Gasteiger partial charge in [0, 0.05) is 0 Å². The van der Waals surface area contributed by atoms with E-state index in [1.54, 1.807) is 6.92 Å². The summed E-state index contributed by atoms with van der Waals surface area (Å²) in [4.78, 5) is 10.9. The normalized spacial score (nSPS) is 14.5. The molecule has 0 heterocycles. The molecule has 0 aliphatic rings. The molecule has 0 aliphatic carbocycles. The lowest BCUT2D eigenvalue weighted by Gasteiger charge is -2.19. The lowest BCUT2D eigenvalue weighted by atomic mass is 10.2. The van der Waals surface area contributed by atoms with Gasteiger partial charge >= 0.3 is 5.97 Å². The summed E-state index contributed by atoms with van der Waals surface area (Å²) in [6.45, 7) is 7.24. The van der Waals surface area contributed by atoms with Crippen LogP contribution < -0.4 is 5.73 Å². The van der Waals surface area contributed by atoms with Crippen molar-refractivity contribution in [3.63, 3.8) is 0 Å². The van der Waals surface area contributed by atoms with E-state index in [-0.39, 0.29) is 17.6 Å². The second kappa shape index (κ2) is 3.01. The van der Waals surface area contributed by atoms with Gasteiger partial charge in [-0.25, -0.2) is 4.79 Å². The maximum atomic E-state index is 10.9. The van der Waals surface area contributed by atoms with Gasteiger partial charge in [-0.3, -0.25) is 0 Å². The summed E-state index contributed by atoms with van der Waals surface area (Å²) in [5.74, 6) is -0.243. The van der Waals surface area contributed by atoms with Crippen molar-refractivity contribution < 1.29 is 15.3 Å². The topological polar surface area (TPSA) is 53.9 Å². The van der Waals surface area contributed by atoms with Crippen LogP contribution >= 0.6 is 0 Å². The van der Waals surface area contributed by atoms with E-state index in [4.69, 9.17) is 4.74 Å². The van der Waals surface area contributed by atoms with Crippen LogP contribution in [-0.2, 0) is 9.53 Å². The van der Waals surface area contributed by atoms with E-state index in [1.165, 1.54) is 0 Å². The number of carbonyl (C=O) groups is 1. The molecule has 60 valence electrons. The van der Waals surface area contributed by atoms with Gasteiger partial charge in [-0.2, -0.15) is 0 Å². The van der Waals surface area contributed by atoms with Crippen molar-refractivity contribution in [2.45, 2.75) is 39.3 Å². The molecule has 0 radical (unpaired) electrons. The summed E-state index contributed by atoms with van der Waals surface area (Å²) in [6, 6.07) is -0.278. The van der Waals surface area contributed by atoms with Crippen molar-refractivity contribution in [2.24, 2.45) is 0 Å². The zero-order valence-corrected chi connectivity index (χ0v) is 7.10. The molecule has 0 rings (SSSR count). The van der Waals surface area contributed by atoms with Crippen molar-refractivity contribution in [3.8, 4) is 0 Å². The molecule has 0 aliphatic heterocycles. The Labute approximate surface area is 61.5 Å². The van der Waals surface area contributed by atoms with Crippen LogP contribution in [0.15, 0.2) is 0 Å². The van der Waals surface area contributed by atoms with E-state index >= 15 is 0 Å². The monoisotopic (exact) mass is 146 g/mol. The van der Waals surface area contributed by atoms with Gasteiger partial charge in [-0.1, -0.05) is 0 Å². The highest BCUT2D eigenvalue weighted by Gasteiger charge is 2.20. The van der Waals surface area contributed by atoms with Gasteiger partial charge in [-0.05, 0) is 27.7 Å². The Hall–Kier alpha value is -0.570. The number of hydrogen-bond acceptors (Lipinski definition) is 2. The third kappa shape index (κ3) is 4.32. The van der Waals surface area contributed by atoms with Gasteiger partial charge in [0.25, 0.3) is 0 Å². The summed E-state index contributed by atoms with van der Waals surface area (Å²) in [5, 5.41) is 0. The van der Waals surface area contributed by atoms with Gasteiger partial charge in [-0.15, -0.1) is 0 Å². The average Bonchev–Trinajstić information content (AvgIpc) is 1.60. The molecule has 3 N–H and O–H groups in total. The number of ether oxygens (including phenoxy) is 1. The predicted octanol–water partition coefficient (Wildman–Crippen LogP) is -0.0415. The second-order valence-corrected chi connectivity index (χ2v) is 3.43. The first kappa shape index (κ1) is 9.43. The SMILES string of the molecule is C[C@@H]([NH3+])C(=O)OC(C)(C)C. The van der Waals surface area contributed by atoms with Gasteiger partial charge in [0.2, 0.25) is 0 Å². The van der Waals surface area contributed by atoms with Gasteiger partial charge in [0.1, 0.15) is 5.60 Å². The fraction of sp³-hybridized carbons (Fsp3) is 0.857. The minimum atomic E-state index is -0.386. The molecule has 0 aromatic rings. The number of rotatable bonds is 1. The number of carbonyl (C=O) groups excluding carboxylic acids is 1. The number of esters is 1. The molecule has 0 unspecified atom stereocenters. The van der Waals surface area contributed by atoms with Gasteiger partial charge < -0.3 is 10.5 Å². The van der Waals surface area contributed by atoms with Crippen LogP contribution in [0.4, 0.5) is 0 Å². The van der Waals surface area contributed by atoms with Crippen molar-refractivity contribution in [1.29, 1.82) is 0 Å². The maximum Gasteiger partial charge on any atom is 0.364 e. The van der Waals surface area contributed by atoms with Crippen LogP contribution in [0.5, 0.6) is 0 Å². The quantitative estimate of drug-likeness (QED) is 0.528. The van der Waals surface area contributed by atoms with Crippen molar-refractivity contribution in [2.75, 3.05) is 0 Å². The van der Waals surface area contributed by atoms with Crippen molar-refractivity contribution >= 4 is 5.97 Å². The Morgan fingerprint density at radius 2 is 1.90 bits per heavy atom. The number of hydrogen-bond donors (Lipinski definition) is 1. The Bertz CT molecular complexity index is 124. The molecule has 1 atom stereocenters. The van der Waals surface area contributed by atoms with E-state index in [9.17, 15) is 4.79 Å². The zero-order valence-electron chi connectivity index (χ0n) is 7.10. The Morgan fingerprint density at radius 3 is 2.00 bits per heavy atom. The minimum absolute atomic E-state index is 0.243. The largest absolute Gasteiger partial charge is 0.456 e. The van der Waals surface area contributed by atoms with Gasteiger partial charge in [0.05, 0.1) is 0 Å². The summed E-state index contributed by atoms with van der Waals surface area (Å²) in [7, 11) is 0. The first-order valence-corrected chi connectivity index (χ1v) is 3.39. The van der Waals surface area contributed by atoms with E-state index in [0.29, 0.717) is 0 Å². The highest BCUT2D eigenvalue weighted by Crippen LogP contribution is 2.06. The molecular formula is C7H16NO2+. The third-order valence-corrected chi connectivity index (χ3v) is 0.809. The van der Waals surface area contributed by atoms with Crippen LogP contribution in [0.3, 0.4) is 0 Å². The Balaban J connectivity index is 3.81. The fourth-order valence-corrected chi connectivity index (χ4v) is 0.402. The Morgan fingerprint density at radius 1 is 1.50 bits per heavy atom. The summed E-state index contributed by atoms with van der Waals surface area (Å²) >= 11 is 0. The highest BCUT2D eigenvalue weighted by molar-refractivity contribution is 5.73. The average molecular weight is 146 g/mol. The fourth-order valence-electron chi connectivity index (χ4n) is 0.402. The van der Waals surface area contributed by atoms with Crippen LogP contribution in [-0.4, -0.2) is 17.6 Å². The van der Waals surface area contributed by atoms with E-state index in [0.717, 1.165) is 0 Å². The molecule has 0 aromatic carbocycles. The molecule has 0 aromatic heterocycles. The second-order valence-electron chi connectivity index (χ2n) is 3.43. The molecule has 0 bridgehead atoms. The van der Waals surface area contributed by atoms with Crippen LogP contribution in [0.2, 0.25) is 0 Å². The molecule has 3 heteroatoms. The first-order valence-electron chi connectivity index (χ1n) is 3.39. The molecule has 0 fully saturated rings. The minimum Gasteiger partial charge on any atom is -0.456 e. The molecule has 10 heavy (non-hydrogen) atoms. The highest BCUT2D eigenvalue weighted by atomic mass is 16.6. The first-order chi connectivity index (χ1) is 4.33. The summed E-state index contributed by atoms with van der Waals surface area (Å²) in [5.41, 5.74) is 3.16. The van der Waals surface area contributed by atoms with Crippen LogP contribution in [0.1, 0.15) is 27.7 Å². The van der Waals surface area contributed by atoms with E-state index in [1.807, 2.05) is 20.8 Å². The molecule has 0 spiro atoms. The molecular weight excluding hydrogens is 130 g/mol. The van der Waals surface area contributed by atoms with Crippen molar-refractivity contribution in [1.82, 2.24) is 0 Å². The lowest BCUT2D eigenvalue weighted by molar-refractivity contribution is -0.404. The van der Waals surface area contributed by atoms with Crippen molar-refractivity contribution in [3.05, 3.63) is 0 Å². The van der Waals surface area contributed by atoms with Gasteiger partial charge in [0.15, 0.2) is 6.04 Å². The smallest absolute Gasteiger partial charge is 0.364 e. The zero-order chi connectivity index (χ0) is 8.36. The lowest BCUT2D eigenvalue weighted by Crippen LogP contribution is -2.64. The molecule has 0 saturated heterocycles. The third-order valence-electron chi connectivity index (χ3n) is 0.809. The standard InChI is InChI=1S/C7H15NO2/c1-5(8)6(9)10-7(2,3)4/h5H,8H2,1-4H3/p+1/t5-/m1/s1. The number of quaternary nitrogens is 1. The summed E-state index contributed by atoms with van der Waals surface area (Å²) < 4.78 is 5.00. The summed E-state index contributed by atoms with van der Waals surface area (Å²) in [6.07, 6.45) is 0. The maximum absolute atomic E-state index is 10.9. The van der Waals surface area contributed by atoms with E-state index < -0.39 is 0 Å². The molecule has 0 saturated carbocycles. The Kier molecular flexibility index (Phi) is 2.84. The van der Waals surface area contributed by atoms with Crippen LogP contribution in [0, 0.1) is 0 Å². The van der Waals surface area contributed by atoms with E-state index in [2.05, 4.69) is 5.73 Å². The molecule has 0 amide bonds. The molecule has 3 nitrogen and oxygen atoms in total.